The van der Waals surface area contributed by atoms with Crippen molar-refractivity contribution in [1.29, 1.82) is 0 Å². The van der Waals surface area contributed by atoms with Gasteiger partial charge in [0.1, 0.15) is 0 Å². The van der Waals surface area contributed by atoms with Crippen LogP contribution in [-0.2, 0) is 10.0 Å². The molecule has 0 saturated heterocycles. The predicted octanol–water partition coefficient (Wildman–Crippen LogP) is 0.685. The summed E-state index contributed by atoms with van der Waals surface area (Å²) in [5.41, 5.74) is 4.09. The first-order valence-corrected chi connectivity index (χ1v) is 10.4. The first-order chi connectivity index (χ1) is 14.2. The third kappa shape index (κ3) is 4.53. The number of fused-ring (bicyclic) bond motifs is 1. The molecule has 11 heteroatoms. The highest BCUT2D eigenvalue weighted by Crippen LogP contribution is 2.13. The highest BCUT2D eigenvalue weighted by atomic mass is 32.2. The first kappa shape index (κ1) is 21.1. The van der Waals surface area contributed by atoms with Gasteiger partial charge < -0.3 is 0 Å². The highest BCUT2D eigenvalue weighted by molar-refractivity contribution is 7.89. The molecule has 4 N–H and O–H groups in total. The van der Waals surface area contributed by atoms with E-state index in [0.29, 0.717) is 5.39 Å². The van der Waals surface area contributed by atoms with E-state index < -0.39 is 27.4 Å². The lowest BCUT2D eigenvalue weighted by Crippen LogP contribution is -2.42. The largest absolute Gasteiger partial charge is 0.290 e. The summed E-state index contributed by atoms with van der Waals surface area (Å²) in [5.74, 6) is -1.38. The van der Waals surface area contributed by atoms with E-state index in [4.69, 9.17) is 0 Å². The molecule has 156 valence electrons. The molecule has 0 radical (unpaired) electrons. The van der Waals surface area contributed by atoms with Crippen LogP contribution >= 0.6 is 0 Å². The van der Waals surface area contributed by atoms with Crippen LogP contribution < -0.4 is 21.1 Å². The number of aromatic amines is 1. The van der Waals surface area contributed by atoms with Crippen molar-refractivity contribution >= 4 is 32.6 Å². The van der Waals surface area contributed by atoms with Gasteiger partial charge in [-0.25, -0.2) is 18.2 Å². The minimum atomic E-state index is -3.68. The van der Waals surface area contributed by atoms with Crippen LogP contribution in [0.1, 0.15) is 34.7 Å². The molecule has 0 unspecified atom stereocenters. The Labute approximate surface area is 171 Å². The quantitative estimate of drug-likeness (QED) is 0.438. The maximum Gasteiger partial charge on any atom is 0.290 e. The Morgan fingerprint density at radius 3 is 2.17 bits per heavy atom. The molecule has 1 heterocycles. The van der Waals surface area contributed by atoms with Crippen molar-refractivity contribution < 1.29 is 18.0 Å². The first-order valence-electron chi connectivity index (χ1n) is 8.89. The number of carbonyl (C=O) groups is 2. The number of aromatic nitrogens is 2. The lowest BCUT2D eigenvalue weighted by molar-refractivity contribution is 0.0844. The molecular weight excluding hydrogens is 410 g/mol. The standard InChI is InChI=1S/C19H19N5O5S/c1-11(2)24-30(28,29)13-9-7-12(8-10-13)17(25)21-23-19(27)16-14-5-3-4-6-15(14)18(26)22-20-16/h3-11,24H,1-2H3,(H,21,25)(H,22,26)(H,23,27). The van der Waals surface area contributed by atoms with Gasteiger partial charge in [0.2, 0.25) is 10.0 Å². The van der Waals surface area contributed by atoms with Crippen LogP contribution in [0.4, 0.5) is 0 Å². The molecule has 3 aromatic rings. The van der Waals surface area contributed by atoms with Crippen LogP contribution in [0, 0.1) is 0 Å². The van der Waals surface area contributed by atoms with Crippen molar-refractivity contribution in [2.45, 2.75) is 24.8 Å². The zero-order chi connectivity index (χ0) is 21.9. The highest BCUT2D eigenvalue weighted by Gasteiger charge is 2.17. The summed E-state index contributed by atoms with van der Waals surface area (Å²) in [5, 5.41) is 6.60. The average molecular weight is 429 g/mol. The van der Waals surface area contributed by atoms with Gasteiger partial charge in [-0.2, -0.15) is 5.10 Å². The average Bonchev–Trinajstić information content (AvgIpc) is 2.71. The molecule has 0 aliphatic heterocycles. The van der Waals surface area contributed by atoms with Crippen LogP contribution in [0.5, 0.6) is 0 Å². The SMILES string of the molecule is CC(C)NS(=O)(=O)c1ccc(C(=O)NNC(=O)c2n[nH]c(=O)c3ccccc23)cc1. The van der Waals surface area contributed by atoms with E-state index in [1.54, 1.807) is 38.1 Å². The van der Waals surface area contributed by atoms with E-state index in [1.807, 2.05) is 0 Å². The number of rotatable bonds is 5. The van der Waals surface area contributed by atoms with Gasteiger partial charge in [0.25, 0.3) is 17.4 Å². The van der Waals surface area contributed by atoms with Gasteiger partial charge in [0.15, 0.2) is 5.69 Å². The molecule has 30 heavy (non-hydrogen) atoms. The third-order valence-corrected chi connectivity index (χ3v) is 5.69. The number of H-pyrrole nitrogens is 1. The molecule has 0 atom stereocenters. The predicted molar refractivity (Wildman–Crippen MR) is 109 cm³/mol. The van der Waals surface area contributed by atoms with E-state index in [1.165, 1.54) is 24.3 Å². The number of nitrogens with one attached hydrogen (secondary N) is 4. The normalized spacial score (nSPS) is 11.4. The van der Waals surface area contributed by atoms with Crippen LogP contribution in [-0.4, -0.2) is 36.5 Å². The Balaban J connectivity index is 1.71. The van der Waals surface area contributed by atoms with Crippen LogP contribution in [0.25, 0.3) is 10.8 Å². The second-order valence-electron chi connectivity index (χ2n) is 6.66. The zero-order valence-electron chi connectivity index (χ0n) is 16.1. The molecule has 0 fully saturated rings. The monoisotopic (exact) mass is 429 g/mol. The Morgan fingerprint density at radius 1 is 0.933 bits per heavy atom. The Bertz CT molecular complexity index is 1270. The van der Waals surface area contributed by atoms with E-state index >= 15 is 0 Å². The van der Waals surface area contributed by atoms with Gasteiger partial charge >= 0.3 is 0 Å². The molecule has 1 aromatic heterocycles. The van der Waals surface area contributed by atoms with Gasteiger partial charge in [0, 0.05) is 17.0 Å². The second kappa shape index (κ2) is 8.43. The topological polar surface area (TPSA) is 150 Å². The van der Waals surface area contributed by atoms with Crippen molar-refractivity contribution in [3.05, 3.63) is 70.1 Å². The van der Waals surface area contributed by atoms with Crippen LogP contribution in [0.15, 0.2) is 58.2 Å². The third-order valence-electron chi connectivity index (χ3n) is 4.02. The van der Waals surface area contributed by atoms with Crippen LogP contribution in [0.2, 0.25) is 0 Å². The summed E-state index contributed by atoms with van der Waals surface area (Å²) < 4.78 is 26.7. The van der Waals surface area contributed by atoms with Gasteiger partial charge in [-0.15, -0.1) is 0 Å². The van der Waals surface area contributed by atoms with Crippen molar-refractivity contribution in [2.75, 3.05) is 0 Å². The van der Waals surface area contributed by atoms with Crippen molar-refractivity contribution in [3.63, 3.8) is 0 Å². The summed E-state index contributed by atoms with van der Waals surface area (Å²) in [7, 11) is -3.68. The summed E-state index contributed by atoms with van der Waals surface area (Å²) in [6, 6.07) is 11.4. The Hall–Kier alpha value is -3.57. The summed E-state index contributed by atoms with van der Waals surface area (Å²) in [6.45, 7) is 3.39. The smallest absolute Gasteiger partial charge is 0.267 e. The fourth-order valence-electron chi connectivity index (χ4n) is 2.70. The Morgan fingerprint density at radius 2 is 1.53 bits per heavy atom. The van der Waals surface area contributed by atoms with E-state index in [0.717, 1.165) is 0 Å². The Kier molecular flexibility index (Phi) is 5.94. The summed E-state index contributed by atoms with van der Waals surface area (Å²) in [6.07, 6.45) is 0. The fourth-order valence-corrected chi connectivity index (χ4v) is 3.95. The minimum absolute atomic E-state index is 0.0145. The summed E-state index contributed by atoms with van der Waals surface area (Å²) in [4.78, 5) is 36.5. The maximum absolute atomic E-state index is 12.4. The van der Waals surface area contributed by atoms with Gasteiger partial charge in [0.05, 0.1) is 10.3 Å². The molecule has 3 rings (SSSR count). The van der Waals surface area contributed by atoms with Gasteiger partial charge in [-0.1, -0.05) is 18.2 Å². The molecule has 0 bridgehead atoms. The zero-order valence-corrected chi connectivity index (χ0v) is 16.9. The molecule has 2 aromatic carbocycles. The maximum atomic E-state index is 12.4. The lowest BCUT2D eigenvalue weighted by atomic mass is 10.1. The number of hydrazine groups is 1. The molecule has 0 aliphatic carbocycles. The number of nitrogens with zero attached hydrogens (tertiary/aromatic N) is 1. The van der Waals surface area contributed by atoms with Crippen LogP contribution in [0.3, 0.4) is 0 Å². The molecule has 2 amide bonds. The van der Waals surface area contributed by atoms with E-state index in [-0.39, 0.29) is 27.6 Å². The molecule has 0 spiro atoms. The lowest BCUT2D eigenvalue weighted by Gasteiger charge is -2.11. The summed E-state index contributed by atoms with van der Waals surface area (Å²) >= 11 is 0. The molecule has 0 aliphatic rings. The molecule has 0 saturated carbocycles. The van der Waals surface area contributed by atoms with Crippen molar-refractivity contribution in [1.82, 2.24) is 25.8 Å². The number of amides is 2. The number of sulfonamides is 1. The van der Waals surface area contributed by atoms with E-state index in [9.17, 15) is 22.8 Å². The number of hydrogen-bond acceptors (Lipinski definition) is 6. The van der Waals surface area contributed by atoms with Crippen molar-refractivity contribution in [2.24, 2.45) is 0 Å². The second-order valence-corrected chi connectivity index (χ2v) is 8.37. The number of hydrogen-bond donors (Lipinski definition) is 4. The minimum Gasteiger partial charge on any atom is -0.267 e. The van der Waals surface area contributed by atoms with Crippen molar-refractivity contribution in [3.8, 4) is 0 Å². The number of benzene rings is 2. The molecular formula is C19H19N5O5S. The number of carbonyl (C=O) groups excluding carboxylic acids is 2. The molecule has 10 nitrogen and oxygen atoms in total. The van der Waals surface area contributed by atoms with Gasteiger partial charge in [-0.3, -0.25) is 25.2 Å². The fraction of sp³-hybridized carbons (Fsp3) is 0.158. The van der Waals surface area contributed by atoms with E-state index in [2.05, 4.69) is 25.8 Å². The van der Waals surface area contributed by atoms with Gasteiger partial charge in [-0.05, 0) is 44.2 Å².